The zero-order valence-electron chi connectivity index (χ0n) is 7.16. The maximum atomic E-state index is 11.2. The second kappa shape index (κ2) is 3.77. The van der Waals surface area contributed by atoms with Crippen molar-refractivity contribution in [2.75, 3.05) is 0 Å². The van der Waals surface area contributed by atoms with Crippen molar-refractivity contribution in [3.05, 3.63) is 35.9 Å². The van der Waals surface area contributed by atoms with Gasteiger partial charge in [0.2, 0.25) is 0 Å². The molecule has 0 spiro atoms. The van der Waals surface area contributed by atoms with E-state index in [4.69, 9.17) is 17.6 Å². The summed E-state index contributed by atoms with van der Waals surface area (Å²) in [4.78, 5) is 11.2. The van der Waals surface area contributed by atoms with Crippen LogP contribution in [0, 0.1) is 0 Å². The SMILES string of the molecule is CC(N)(C(=O)OCl)c1ccccc1. The minimum Gasteiger partial charge on any atom is -0.345 e. The molecule has 0 fully saturated rings. The Morgan fingerprint density at radius 1 is 1.46 bits per heavy atom. The predicted molar refractivity (Wildman–Crippen MR) is 49.9 cm³/mol. The zero-order chi connectivity index (χ0) is 9.90. The third-order valence-electron chi connectivity index (χ3n) is 1.87. The van der Waals surface area contributed by atoms with Crippen LogP contribution in [0.2, 0.25) is 0 Å². The number of hydrogen-bond donors (Lipinski definition) is 1. The normalized spacial score (nSPS) is 14.7. The van der Waals surface area contributed by atoms with Gasteiger partial charge in [0.05, 0.1) is 0 Å². The molecule has 3 nitrogen and oxygen atoms in total. The van der Waals surface area contributed by atoms with Crippen molar-refractivity contribution >= 4 is 17.8 Å². The van der Waals surface area contributed by atoms with Crippen molar-refractivity contribution in [3.63, 3.8) is 0 Å². The standard InChI is InChI=1S/C9H10ClNO2/c1-9(11,8(12)13-10)7-5-3-2-4-6-7/h2-6H,11H2,1H3. The summed E-state index contributed by atoms with van der Waals surface area (Å²) in [6, 6.07) is 8.91. The van der Waals surface area contributed by atoms with Crippen LogP contribution in [-0.2, 0) is 14.6 Å². The highest BCUT2D eigenvalue weighted by atomic mass is 35.5. The van der Waals surface area contributed by atoms with E-state index in [1.165, 1.54) is 0 Å². The van der Waals surface area contributed by atoms with Gasteiger partial charge in [-0.15, -0.1) is 0 Å². The Hall–Kier alpha value is -1.06. The number of rotatable bonds is 2. The second-order valence-corrected chi connectivity index (χ2v) is 3.09. The smallest absolute Gasteiger partial charge is 0.345 e. The van der Waals surface area contributed by atoms with E-state index in [2.05, 4.69) is 4.29 Å². The Morgan fingerprint density at radius 2 is 2.00 bits per heavy atom. The van der Waals surface area contributed by atoms with E-state index in [0.717, 1.165) is 0 Å². The molecule has 0 aromatic heterocycles. The van der Waals surface area contributed by atoms with Crippen molar-refractivity contribution in [2.45, 2.75) is 12.5 Å². The van der Waals surface area contributed by atoms with Gasteiger partial charge in [-0.2, -0.15) is 0 Å². The van der Waals surface area contributed by atoms with E-state index in [0.29, 0.717) is 5.56 Å². The van der Waals surface area contributed by atoms with Gasteiger partial charge in [-0.05, 0) is 12.5 Å². The Labute approximate surface area is 81.6 Å². The molecule has 1 aromatic carbocycles. The number of halogens is 1. The molecule has 1 atom stereocenters. The zero-order valence-corrected chi connectivity index (χ0v) is 7.91. The summed E-state index contributed by atoms with van der Waals surface area (Å²) in [5, 5.41) is 0. The van der Waals surface area contributed by atoms with E-state index >= 15 is 0 Å². The number of benzene rings is 1. The molecular formula is C9H10ClNO2. The number of hydrogen-bond acceptors (Lipinski definition) is 3. The summed E-state index contributed by atoms with van der Waals surface area (Å²) in [5.41, 5.74) is 5.21. The fourth-order valence-electron chi connectivity index (χ4n) is 0.982. The molecule has 1 unspecified atom stereocenters. The Kier molecular flexibility index (Phi) is 2.90. The predicted octanol–water partition coefficient (Wildman–Crippen LogP) is 1.56. The molecule has 0 saturated heterocycles. The Balaban J connectivity index is 3.00. The lowest BCUT2D eigenvalue weighted by Gasteiger charge is -2.20. The first-order chi connectivity index (χ1) is 6.09. The quantitative estimate of drug-likeness (QED) is 0.787. The lowest BCUT2D eigenvalue weighted by atomic mass is 9.94. The summed E-state index contributed by atoms with van der Waals surface area (Å²) < 4.78 is 4.08. The van der Waals surface area contributed by atoms with Gasteiger partial charge >= 0.3 is 5.97 Å². The molecule has 70 valence electrons. The first-order valence-electron chi connectivity index (χ1n) is 3.76. The van der Waals surface area contributed by atoms with Crippen LogP contribution >= 0.6 is 11.9 Å². The van der Waals surface area contributed by atoms with Crippen molar-refractivity contribution in [3.8, 4) is 0 Å². The van der Waals surface area contributed by atoms with Gasteiger partial charge in [-0.3, -0.25) is 0 Å². The second-order valence-electron chi connectivity index (χ2n) is 2.93. The summed E-state index contributed by atoms with van der Waals surface area (Å²) in [5.74, 6) is -0.666. The van der Waals surface area contributed by atoms with E-state index < -0.39 is 11.5 Å². The number of nitrogens with two attached hydrogens (primary N) is 1. The molecule has 0 heterocycles. The highest BCUT2D eigenvalue weighted by Gasteiger charge is 2.32. The van der Waals surface area contributed by atoms with Crippen LogP contribution in [-0.4, -0.2) is 5.97 Å². The lowest BCUT2D eigenvalue weighted by Crippen LogP contribution is -2.41. The van der Waals surface area contributed by atoms with Crippen LogP contribution in [0.1, 0.15) is 12.5 Å². The van der Waals surface area contributed by atoms with Gasteiger partial charge in [0, 0.05) is 0 Å². The monoisotopic (exact) mass is 199 g/mol. The van der Waals surface area contributed by atoms with Gasteiger partial charge in [0.15, 0.2) is 0 Å². The Bertz CT molecular complexity index is 298. The summed E-state index contributed by atoms with van der Waals surface area (Å²) >= 11 is 4.96. The molecule has 0 radical (unpaired) electrons. The molecule has 2 N–H and O–H groups in total. The van der Waals surface area contributed by atoms with Crippen molar-refractivity contribution < 1.29 is 9.08 Å². The van der Waals surface area contributed by atoms with E-state index in [9.17, 15) is 4.79 Å². The number of carbonyl (C=O) groups excluding carboxylic acids is 1. The van der Waals surface area contributed by atoms with Gasteiger partial charge in [0.25, 0.3) is 0 Å². The molecule has 0 aliphatic heterocycles. The molecule has 1 rings (SSSR count). The molecule has 0 saturated carbocycles. The van der Waals surface area contributed by atoms with Crippen LogP contribution in [0.25, 0.3) is 0 Å². The van der Waals surface area contributed by atoms with Crippen LogP contribution < -0.4 is 5.73 Å². The highest BCUT2D eigenvalue weighted by molar-refractivity contribution is 6.14. The first-order valence-corrected chi connectivity index (χ1v) is 4.07. The molecule has 1 aromatic rings. The molecule has 0 amide bonds. The maximum absolute atomic E-state index is 11.2. The average molecular weight is 200 g/mol. The minimum absolute atomic E-state index is 0.666. The van der Waals surface area contributed by atoms with Crippen molar-refractivity contribution in [2.24, 2.45) is 5.73 Å². The summed E-state index contributed by atoms with van der Waals surface area (Å²) in [7, 11) is 0. The van der Waals surface area contributed by atoms with E-state index in [-0.39, 0.29) is 0 Å². The topological polar surface area (TPSA) is 52.3 Å². The fraction of sp³-hybridized carbons (Fsp3) is 0.222. The average Bonchev–Trinajstić information content (AvgIpc) is 2.18. The Morgan fingerprint density at radius 3 is 2.46 bits per heavy atom. The van der Waals surface area contributed by atoms with Gasteiger partial charge < -0.3 is 10.0 Å². The molecule has 13 heavy (non-hydrogen) atoms. The first kappa shape index (κ1) is 10.0. The van der Waals surface area contributed by atoms with Crippen LogP contribution in [0.5, 0.6) is 0 Å². The largest absolute Gasteiger partial charge is 0.348 e. The van der Waals surface area contributed by atoms with Crippen molar-refractivity contribution in [1.82, 2.24) is 0 Å². The van der Waals surface area contributed by atoms with Crippen LogP contribution in [0.3, 0.4) is 0 Å². The van der Waals surface area contributed by atoms with E-state index in [1.54, 1.807) is 31.2 Å². The van der Waals surface area contributed by atoms with Crippen LogP contribution in [0.4, 0.5) is 0 Å². The summed E-state index contributed by atoms with van der Waals surface area (Å²) in [6.45, 7) is 1.55. The van der Waals surface area contributed by atoms with E-state index in [1.807, 2.05) is 6.07 Å². The number of carbonyl (C=O) groups is 1. The van der Waals surface area contributed by atoms with Gasteiger partial charge in [-0.1, -0.05) is 30.3 Å². The van der Waals surface area contributed by atoms with Gasteiger partial charge in [-0.25, -0.2) is 4.79 Å². The molecular weight excluding hydrogens is 190 g/mol. The molecule has 0 aliphatic carbocycles. The lowest BCUT2D eigenvalue weighted by molar-refractivity contribution is -0.139. The minimum atomic E-state index is -1.19. The highest BCUT2D eigenvalue weighted by Crippen LogP contribution is 2.19. The fourth-order valence-corrected chi connectivity index (χ4v) is 1.14. The third-order valence-corrected chi connectivity index (χ3v) is 2.01. The molecule has 0 bridgehead atoms. The molecule has 4 heteroatoms. The maximum Gasteiger partial charge on any atom is 0.348 e. The van der Waals surface area contributed by atoms with Crippen molar-refractivity contribution in [1.29, 1.82) is 0 Å². The summed E-state index contributed by atoms with van der Waals surface area (Å²) in [6.07, 6.45) is 0. The van der Waals surface area contributed by atoms with Gasteiger partial charge in [0.1, 0.15) is 17.4 Å². The molecule has 0 aliphatic rings. The van der Waals surface area contributed by atoms with Crippen LogP contribution in [0.15, 0.2) is 30.3 Å². The third kappa shape index (κ3) is 1.99.